The molecule has 1 atom stereocenters. The van der Waals surface area contributed by atoms with Gasteiger partial charge < -0.3 is 10.6 Å². The number of hydrogen-bond donors (Lipinski definition) is 2. The molecule has 0 spiro atoms. The number of hydrogen-bond acceptors (Lipinski definition) is 4. The van der Waals surface area contributed by atoms with E-state index in [1.807, 2.05) is 18.2 Å². The summed E-state index contributed by atoms with van der Waals surface area (Å²) in [4.78, 5) is 37.5. The van der Waals surface area contributed by atoms with Crippen LogP contribution >= 0.6 is 0 Å². The molecule has 2 aliphatic rings. The van der Waals surface area contributed by atoms with E-state index in [1.165, 1.54) is 6.08 Å². The molecule has 0 saturated carbocycles. The molecule has 6 nitrogen and oxygen atoms in total. The Labute approximate surface area is 127 Å². The summed E-state index contributed by atoms with van der Waals surface area (Å²) >= 11 is 0. The quantitative estimate of drug-likeness (QED) is 0.820. The molecule has 22 heavy (non-hydrogen) atoms. The van der Waals surface area contributed by atoms with Crippen molar-refractivity contribution in [2.24, 2.45) is 0 Å². The fourth-order valence-electron chi connectivity index (χ4n) is 2.55. The van der Waals surface area contributed by atoms with Gasteiger partial charge in [-0.25, -0.2) is 0 Å². The van der Waals surface area contributed by atoms with Gasteiger partial charge in [0.15, 0.2) is 0 Å². The van der Waals surface area contributed by atoms with E-state index in [0.29, 0.717) is 24.2 Å². The molecule has 2 aliphatic heterocycles. The number of allylic oxidation sites excluding steroid dienone is 1. The molecule has 0 aromatic heterocycles. The summed E-state index contributed by atoms with van der Waals surface area (Å²) in [6, 6.07) is 8.30. The van der Waals surface area contributed by atoms with Crippen LogP contribution in [0.5, 0.6) is 0 Å². The van der Waals surface area contributed by atoms with Crippen LogP contribution in [0.4, 0.5) is 5.69 Å². The zero-order chi connectivity index (χ0) is 15.7. The van der Waals surface area contributed by atoms with Gasteiger partial charge in [0.05, 0.1) is 0 Å². The largest absolute Gasteiger partial charge is 0.351 e. The van der Waals surface area contributed by atoms with Gasteiger partial charge >= 0.3 is 0 Å². The number of amides is 3. The third-order valence-corrected chi connectivity index (χ3v) is 3.64. The number of para-hydroxylation sites is 1. The highest BCUT2D eigenvalue weighted by molar-refractivity contribution is 6.19. The summed E-state index contributed by atoms with van der Waals surface area (Å²) in [7, 11) is 0. The monoisotopic (exact) mass is 297 g/mol. The van der Waals surface area contributed by atoms with E-state index in [0.717, 1.165) is 4.90 Å². The first-order valence-electron chi connectivity index (χ1n) is 6.96. The molecule has 112 valence electrons. The Balaban J connectivity index is 1.77. The van der Waals surface area contributed by atoms with Crippen molar-refractivity contribution in [2.45, 2.75) is 18.9 Å². The second-order valence-electron chi connectivity index (χ2n) is 5.21. The molecule has 1 unspecified atom stereocenters. The molecule has 1 saturated heterocycles. The van der Waals surface area contributed by atoms with Crippen molar-refractivity contribution in [1.29, 1.82) is 0 Å². The van der Waals surface area contributed by atoms with E-state index >= 15 is 0 Å². The fraction of sp³-hybridized carbons (Fsp3) is 0.188. The van der Waals surface area contributed by atoms with Gasteiger partial charge in [-0.15, -0.1) is 0 Å². The van der Waals surface area contributed by atoms with Crippen LogP contribution in [0.1, 0.15) is 12.8 Å². The summed E-state index contributed by atoms with van der Waals surface area (Å²) in [6.45, 7) is 3.69. The van der Waals surface area contributed by atoms with Crippen molar-refractivity contribution in [2.75, 3.05) is 5.32 Å². The Hall–Kier alpha value is -2.89. The number of carbonyl (C=O) groups is 3. The summed E-state index contributed by atoms with van der Waals surface area (Å²) in [5.41, 5.74) is 1.49. The van der Waals surface area contributed by atoms with Crippen molar-refractivity contribution in [3.63, 3.8) is 0 Å². The average molecular weight is 297 g/mol. The first-order chi connectivity index (χ1) is 10.6. The maximum absolute atomic E-state index is 12.4. The molecular formula is C16H15N3O3. The molecule has 0 radical (unpaired) electrons. The summed E-state index contributed by atoms with van der Waals surface area (Å²) in [5, 5.41) is 5.50. The van der Waals surface area contributed by atoms with Crippen molar-refractivity contribution in [3.8, 4) is 0 Å². The number of rotatable bonds is 3. The van der Waals surface area contributed by atoms with E-state index < -0.39 is 17.9 Å². The topological polar surface area (TPSA) is 78.5 Å². The van der Waals surface area contributed by atoms with Gasteiger partial charge in [-0.05, 0) is 25.0 Å². The zero-order valence-corrected chi connectivity index (χ0v) is 11.8. The standard InChI is InChI=1S/C16H15N3O3/c1-10-7-8-13(15(21)17-10)19-14(20)9-12(16(19)22)18-11-5-3-2-4-6-11/h2-6,9,13,18H,1,7-8H2,(H,17,21). The highest BCUT2D eigenvalue weighted by Gasteiger charge is 2.41. The molecule has 6 heteroatoms. The van der Waals surface area contributed by atoms with Crippen LogP contribution in [0.15, 0.2) is 54.4 Å². The maximum Gasteiger partial charge on any atom is 0.278 e. The van der Waals surface area contributed by atoms with Crippen LogP contribution in [0, 0.1) is 0 Å². The minimum atomic E-state index is -0.781. The number of piperidine rings is 1. The van der Waals surface area contributed by atoms with Gasteiger partial charge in [-0.2, -0.15) is 0 Å². The Morgan fingerprint density at radius 3 is 2.59 bits per heavy atom. The predicted octanol–water partition coefficient (Wildman–Crippen LogP) is 1.14. The van der Waals surface area contributed by atoms with Crippen molar-refractivity contribution < 1.29 is 14.4 Å². The molecule has 2 N–H and O–H groups in total. The van der Waals surface area contributed by atoms with Crippen LogP contribution in [0.25, 0.3) is 0 Å². The van der Waals surface area contributed by atoms with Crippen LogP contribution in [0.3, 0.4) is 0 Å². The molecule has 3 rings (SSSR count). The van der Waals surface area contributed by atoms with Gasteiger partial charge in [0.1, 0.15) is 11.7 Å². The third-order valence-electron chi connectivity index (χ3n) is 3.64. The van der Waals surface area contributed by atoms with Gasteiger partial charge in [0.2, 0.25) is 5.91 Å². The van der Waals surface area contributed by atoms with Gasteiger partial charge in [-0.3, -0.25) is 19.3 Å². The van der Waals surface area contributed by atoms with Gasteiger partial charge in [0, 0.05) is 17.5 Å². The minimum absolute atomic E-state index is 0.174. The molecule has 1 aromatic carbocycles. The van der Waals surface area contributed by atoms with Crippen LogP contribution in [-0.2, 0) is 14.4 Å². The Kier molecular flexibility index (Phi) is 3.50. The lowest BCUT2D eigenvalue weighted by atomic mass is 10.0. The molecule has 3 amide bonds. The summed E-state index contributed by atoms with van der Waals surface area (Å²) in [6.07, 6.45) is 2.18. The average Bonchev–Trinajstić information content (AvgIpc) is 2.75. The smallest absolute Gasteiger partial charge is 0.278 e. The van der Waals surface area contributed by atoms with Gasteiger partial charge in [0.25, 0.3) is 11.8 Å². The first kappa shape index (κ1) is 14.1. The molecule has 0 bridgehead atoms. The van der Waals surface area contributed by atoms with Crippen molar-refractivity contribution >= 4 is 23.4 Å². The van der Waals surface area contributed by atoms with Crippen molar-refractivity contribution in [1.82, 2.24) is 10.2 Å². The second-order valence-corrected chi connectivity index (χ2v) is 5.21. The predicted molar refractivity (Wildman–Crippen MR) is 80.3 cm³/mol. The number of nitrogens with one attached hydrogen (secondary N) is 2. The Morgan fingerprint density at radius 1 is 1.18 bits per heavy atom. The normalized spacial score (nSPS) is 21.7. The molecule has 0 aliphatic carbocycles. The lowest BCUT2D eigenvalue weighted by Gasteiger charge is -2.29. The molecule has 2 heterocycles. The third kappa shape index (κ3) is 2.50. The lowest BCUT2D eigenvalue weighted by molar-refractivity contribution is -0.146. The Bertz CT molecular complexity index is 694. The van der Waals surface area contributed by atoms with Crippen LogP contribution in [-0.4, -0.2) is 28.7 Å². The first-order valence-corrected chi connectivity index (χ1v) is 6.96. The van der Waals surface area contributed by atoms with E-state index in [2.05, 4.69) is 17.2 Å². The SMILES string of the molecule is C=C1CCC(N2C(=O)C=C(Nc3ccccc3)C2=O)C(=O)N1. The highest BCUT2D eigenvalue weighted by Crippen LogP contribution is 2.23. The maximum atomic E-state index is 12.4. The molecular weight excluding hydrogens is 282 g/mol. The molecule has 1 aromatic rings. The lowest BCUT2D eigenvalue weighted by Crippen LogP contribution is -2.52. The second kappa shape index (κ2) is 5.48. The summed E-state index contributed by atoms with van der Waals surface area (Å²) < 4.78 is 0. The Morgan fingerprint density at radius 2 is 1.91 bits per heavy atom. The number of benzene rings is 1. The minimum Gasteiger partial charge on any atom is -0.351 e. The van der Waals surface area contributed by atoms with E-state index in [-0.39, 0.29) is 11.6 Å². The fourth-order valence-corrected chi connectivity index (χ4v) is 2.55. The van der Waals surface area contributed by atoms with E-state index in [4.69, 9.17) is 0 Å². The molecule has 1 fully saturated rings. The van der Waals surface area contributed by atoms with E-state index in [9.17, 15) is 14.4 Å². The zero-order valence-electron chi connectivity index (χ0n) is 11.8. The van der Waals surface area contributed by atoms with Crippen LogP contribution < -0.4 is 10.6 Å². The summed E-state index contributed by atoms with van der Waals surface area (Å²) in [5.74, 6) is -1.33. The number of nitrogens with zero attached hydrogens (tertiary/aromatic N) is 1. The van der Waals surface area contributed by atoms with Gasteiger partial charge in [-0.1, -0.05) is 24.8 Å². The number of carbonyl (C=O) groups excluding carboxylic acids is 3. The van der Waals surface area contributed by atoms with Crippen molar-refractivity contribution in [3.05, 3.63) is 54.4 Å². The van der Waals surface area contributed by atoms with Crippen LogP contribution in [0.2, 0.25) is 0 Å². The number of imide groups is 1. The van der Waals surface area contributed by atoms with E-state index in [1.54, 1.807) is 12.1 Å². The number of anilines is 1. The highest BCUT2D eigenvalue weighted by atomic mass is 16.2.